The molecule has 0 saturated carbocycles. The van der Waals surface area contributed by atoms with Crippen LogP contribution in [0.3, 0.4) is 0 Å². The zero-order chi connectivity index (χ0) is 20.8. The molecular weight excluding hydrogens is 382 g/mol. The molecule has 1 aromatic carbocycles. The summed E-state index contributed by atoms with van der Waals surface area (Å²) in [6, 6.07) is 5.74. The highest BCUT2D eigenvalue weighted by Crippen LogP contribution is 2.23. The predicted octanol–water partition coefficient (Wildman–Crippen LogP) is 3.85. The van der Waals surface area contributed by atoms with E-state index in [-0.39, 0.29) is 12.4 Å². The van der Waals surface area contributed by atoms with Gasteiger partial charge in [-0.1, -0.05) is 12.1 Å². The van der Waals surface area contributed by atoms with Crippen molar-refractivity contribution in [3.05, 3.63) is 71.3 Å². The first-order valence-corrected chi connectivity index (χ1v) is 8.76. The van der Waals surface area contributed by atoms with Gasteiger partial charge >= 0.3 is 0 Å². The van der Waals surface area contributed by atoms with Crippen molar-refractivity contribution >= 4 is 11.7 Å². The van der Waals surface area contributed by atoms with Crippen molar-refractivity contribution in [1.29, 1.82) is 0 Å². The van der Waals surface area contributed by atoms with Crippen LogP contribution in [0.1, 0.15) is 28.4 Å². The Hall–Kier alpha value is -3.30. The lowest BCUT2D eigenvalue weighted by Crippen LogP contribution is -2.17. The van der Waals surface area contributed by atoms with Gasteiger partial charge in [0.1, 0.15) is 12.2 Å². The van der Waals surface area contributed by atoms with Crippen LogP contribution >= 0.6 is 0 Å². The summed E-state index contributed by atoms with van der Waals surface area (Å²) in [5.41, 5.74) is 2.53. The molecule has 3 rings (SSSR count). The summed E-state index contributed by atoms with van der Waals surface area (Å²) in [4.78, 5) is 33.8. The quantitative estimate of drug-likeness (QED) is 0.368. The van der Waals surface area contributed by atoms with Gasteiger partial charge in [0.05, 0.1) is 37.1 Å². The van der Waals surface area contributed by atoms with Crippen LogP contribution in [-0.4, -0.2) is 27.5 Å². The molecular formula is C20H18F2N4O3. The van der Waals surface area contributed by atoms with E-state index in [2.05, 4.69) is 20.3 Å². The molecule has 3 aromatic rings. The number of pyridine rings is 1. The fourth-order valence-corrected chi connectivity index (χ4v) is 2.57. The van der Waals surface area contributed by atoms with Crippen molar-refractivity contribution in [2.24, 2.45) is 0 Å². The fourth-order valence-electron chi connectivity index (χ4n) is 2.57. The Morgan fingerprint density at radius 3 is 2.48 bits per heavy atom. The average Bonchev–Trinajstić information content (AvgIpc) is 2.70. The molecule has 0 saturated heterocycles. The monoisotopic (exact) mass is 400 g/mol. The Balaban J connectivity index is 1.77. The van der Waals surface area contributed by atoms with E-state index in [4.69, 9.17) is 9.78 Å². The summed E-state index contributed by atoms with van der Waals surface area (Å²) < 4.78 is 27.3. The lowest BCUT2D eigenvalue weighted by atomic mass is 10.0. The first kappa shape index (κ1) is 20.4. The van der Waals surface area contributed by atoms with E-state index in [9.17, 15) is 13.6 Å². The van der Waals surface area contributed by atoms with E-state index >= 15 is 0 Å². The van der Waals surface area contributed by atoms with Gasteiger partial charge in [0.2, 0.25) is 0 Å². The number of amides is 1. The number of nitrogens with one attached hydrogen (secondary N) is 1. The highest BCUT2D eigenvalue weighted by atomic mass is 19.1. The van der Waals surface area contributed by atoms with Crippen molar-refractivity contribution in [3.8, 4) is 11.3 Å². The molecule has 0 aliphatic heterocycles. The number of aromatic nitrogens is 3. The van der Waals surface area contributed by atoms with Gasteiger partial charge in [-0.05, 0) is 31.0 Å². The highest BCUT2D eigenvalue weighted by Gasteiger charge is 2.18. The molecule has 2 aromatic heterocycles. The molecule has 1 N–H and O–H groups in total. The lowest BCUT2D eigenvalue weighted by Gasteiger charge is -2.10. The van der Waals surface area contributed by atoms with Crippen molar-refractivity contribution < 1.29 is 23.4 Å². The molecule has 0 fully saturated rings. The average molecular weight is 400 g/mol. The smallest absolute Gasteiger partial charge is 0.262 e. The Morgan fingerprint density at radius 1 is 1.07 bits per heavy atom. The van der Waals surface area contributed by atoms with Crippen LogP contribution in [0.25, 0.3) is 11.3 Å². The maximum Gasteiger partial charge on any atom is 0.262 e. The number of benzene rings is 1. The van der Waals surface area contributed by atoms with Crippen molar-refractivity contribution in [3.63, 3.8) is 0 Å². The third kappa shape index (κ3) is 4.95. The number of aryl methyl sites for hydroxylation is 1. The van der Waals surface area contributed by atoms with Gasteiger partial charge in [-0.3, -0.25) is 14.8 Å². The molecule has 29 heavy (non-hydrogen) atoms. The molecule has 150 valence electrons. The fraction of sp³-hybridized carbons (Fsp3) is 0.200. The zero-order valence-corrected chi connectivity index (χ0v) is 15.8. The first-order chi connectivity index (χ1) is 14.0. The Morgan fingerprint density at radius 2 is 1.83 bits per heavy atom. The van der Waals surface area contributed by atoms with Gasteiger partial charge in [-0.2, -0.15) is 0 Å². The standard InChI is InChI=1S/C20H18F2N4O3/c1-3-28-29-11-13-5-4-12(2)14(6-13)17-9-25-18(10-24-17)26-20(27)19-15(21)7-23-8-16(19)22/h4-10H,3,11H2,1-2H3,(H,25,26,27). The molecule has 0 spiro atoms. The van der Waals surface area contributed by atoms with Gasteiger partial charge in [-0.15, -0.1) is 0 Å². The van der Waals surface area contributed by atoms with Crippen LogP contribution in [0.2, 0.25) is 0 Å². The summed E-state index contributed by atoms with van der Waals surface area (Å²) in [6.07, 6.45) is 4.30. The van der Waals surface area contributed by atoms with Crippen LogP contribution in [-0.2, 0) is 16.4 Å². The van der Waals surface area contributed by atoms with Crippen molar-refractivity contribution in [2.75, 3.05) is 11.9 Å². The van der Waals surface area contributed by atoms with Gasteiger partial charge in [0.25, 0.3) is 5.91 Å². The van der Waals surface area contributed by atoms with E-state index in [1.54, 1.807) is 0 Å². The lowest BCUT2D eigenvalue weighted by molar-refractivity contribution is -0.300. The Bertz CT molecular complexity index is 993. The van der Waals surface area contributed by atoms with Gasteiger partial charge in [0, 0.05) is 5.56 Å². The number of anilines is 1. The predicted molar refractivity (Wildman–Crippen MR) is 101 cm³/mol. The Kier molecular flexibility index (Phi) is 6.53. The second kappa shape index (κ2) is 9.26. The van der Waals surface area contributed by atoms with E-state index in [0.717, 1.165) is 29.1 Å². The summed E-state index contributed by atoms with van der Waals surface area (Å²) >= 11 is 0. The van der Waals surface area contributed by atoms with Crippen LogP contribution in [0, 0.1) is 18.6 Å². The third-order valence-corrected chi connectivity index (χ3v) is 3.98. The molecule has 7 nitrogen and oxygen atoms in total. The maximum atomic E-state index is 13.7. The molecule has 0 bridgehead atoms. The van der Waals surface area contributed by atoms with Crippen molar-refractivity contribution in [2.45, 2.75) is 20.5 Å². The normalized spacial score (nSPS) is 10.8. The van der Waals surface area contributed by atoms with Crippen LogP contribution in [0.15, 0.2) is 43.0 Å². The van der Waals surface area contributed by atoms with Crippen molar-refractivity contribution in [1.82, 2.24) is 15.0 Å². The second-order valence-electron chi connectivity index (χ2n) is 6.04. The first-order valence-electron chi connectivity index (χ1n) is 8.76. The number of hydrogen-bond donors (Lipinski definition) is 1. The second-order valence-corrected chi connectivity index (χ2v) is 6.04. The number of carbonyl (C=O) groups excluding carboxylic acids is 1. The highest BCUT2D eigenvalue weighted by molar-refractivity contribution is 6.04. The molecule has 2 heterocycles. The molecule has 0 atom stereocenters. The zero-order valence-electron chi connectivity index (χ0n) is 15.8. The van der Waals surface area contributed by atoms with Gasteiger partial charge < -0.3 is 5.32 Å². The molecule has 1 amide bonds. The largest absolute Gasteiger partial charge is 0.305 e. The van der Waals surface area contributed by atoms with E-state index < -0.39 is 23.1 Å². The van der Waals surface area contributed by atoms with Crippen LogP contribution < -0.4 is 5.32 Å². The minimum Gasteiger partial charge on any atom is -0.305 e. The number of nitrogens with zero attached hydrogens (tertiary/aromatic N) is 3. The van der Waals surface area contributed by atoms with E-state index in [0.29, 0.717) is 12.3 Å². The molecule has 0 aliphatic carbocycles. The topological polar surface area (TPSA) is 86.2 Å². The summed E-state index contributed by atoms with van der Waals surface area (Å²) in [6.45, 7) is 4.49. The summed E-state index contributed by atoms with van der Waals surface area (Å²) in [5, 5.41) is 2.32. The number of hydrogen-bond acceptors (Lipinski definition) is 6. The van der Waals surface area contributed by atoms with Crippen LogP contribution in [0.5, 0.6) is 0 Å². The summed E-state index contributed by atoms with van der Waals surface area (Å²) in [5.74, 6) is -3.04. The van der Waals surface area contributed by atoms with Gasteiger partial charge in [0.15, 0.2) is 17.5 Å². The molecule has 0 aliphatic rings. The van der Waals surface area contributed by atoms with E-state index in [1.165, 1.54) is 12.4 Å². The number of rotatable bonds is 7. The minimum absolute atomic E-state index is 0.0582. The number of halogens is 2. The molecule has 0 unspecified atom stereocenters. The third-order valence-electron chi connectivity index (χ3n) is 3.98. The SMILES string of the molecule is CCOOCc1ccc(C)c(-c2cnc(NC(=O)c3c(F)cncc3F)cn2)c1. The van der Waals surface area contributed by atoms with Gasteiger partial charge in [-0.25, -0.2) is 23.5 Å². The Labute approximate surface area is 165 Å². The summed E-state index contributed by atoms with van der Waals surface area (Å²) in [7, 11) is 0. The number of carbonyl (C=O) groups is 1. The molecule has 0 radical (unpaired) electrons. The van der Waals surface area contributed by atoms with Crippen LogP contribution in [0.4, 0.5) is 14.6 Å². The maximum absolute atomic E-state index is 13.7. The molecule has 9 heteroatoms. The van der Waals surface area contributed by atoms with E-state index in [1.807, 2.05) is 32.0 Å². The minimum atomic E-state index is -1.06.